The summed E-state index contributed by atoms with van der Waals surface area (Å²) in [6.07, 6.45) is 2.24. The molecule has 0 atom stereocenters. The summed E-state index contributed by atoms with van der Waals surface area (Å²) in [5.41, 5.74) is 6.88. The number of rotatable bonds is 6. The van der Waals surface area contributed by atoms with Gasteiger partial charge in [-0.25, -0.2) is 5.84 Å². The van der Waals surface area contributed by atoms with E-state index in [1.165, 1.54) is 16.8 Å². The fourth-order valence-electron chi connectivity index (χ4n) is 3.50. The average molecular weight is 380 g/mol. The van der Waals surface area contributed by atoms with E-state index < -0.39 is 0 Å². The van der Waals surface area contributed by atoms with Crippen LogP contribution in [0.15, 0.2) is 48.5 Å². The lowest BCUT2D eigenvalue weighted by molar-refractivity contribution is -0.129. The second-order valence-electron chi connectivity index (χ2n) is 7.22. The van der Waals surface area contributed by atoms with Gasteiger partial charge in [-0.1, -0.05) is 36.4 Å². The van der Waals surface area contributed by atoms with Gasteiger partial charge in [-0.2, -0.15) is 0 Å². The van der Waals surface area contributed by atoms with E-state index in [4.69, 9.17) is 5.84 Å². The maximum atomic E-state index is 11.4. The zero-order chi connectivity index (χ0) is 19.9. The van der Waals surface area contributed by atoms with E-state index in [-0.39, 0.29) is 11.8 Å². The van der Waals surface area contributed by atoms with Crippen molar-refractivity contribution in [2.75, 3.05) is 31.1 Å². The van der Waals surface area contributed by atoms with Gasteiger partial charge in [0.1, 0.15) is 0 Å². The van der Waals surface area contributed by atoms with Gasteiger partial charge in [0.15, 0.2) is 0 Å². The molecule has 0 aromatic heterocycles. The zero-order valence-electron chi connectivity index (χ0n) is 16.4. The van der Waals surface area contributed by atoms with Crippen LogP contribution in [0.4, 0.5) is 5.69 Å². The van der Waals surface area contributed by atoms with Crippen LogP contribution in [0.2, 0.25) is 0 Å². The lowest BCUT2D eigenvalue weighted by atomic mass is 10.0. The summed E-state index contributed by atoms with van der Waals surface area (Å²) in [6, 6.07) is 16.8. The Labute approximate surface area is 166 Å². The second kappa shape index (κ2) is 9.37. The monoisotopic (exact) mass is 380 g/mol. The predicted molar refractivity (Wildman–Crippen MR) is 111 cm³/mol. The van der Waals surface area contributed by atoms with Crippen LogP contribution in [-0.2, 0) is 28.9 Å². The molecule has 0 bridgehead atoms. The first-order chi connectivity index (χ1) is 13.5. The molecule has 1 heterocycles. The summed E-state index contributed by atoms with van der Waals surface area (Å²) in [4.78, 5) is 27.0. The van der Waals surface area contributed by atoms with Crippen molar-refractivity contribution in [3.63, 3.8) is 0 Å². The SMILES string of the molecule is CC(=O)N1CCN(c2ccc(CCc3ccc(CC(=O)NN)cc3)cc2)CC1. The zero-order valence-corrected chi connectivity index (χ0v) is 16.4. The lowest BCUT2D eigenvalue weighted by Gasteiger charge is -2.35. The topological polar surface area (TPSA) is 78.7 Å². The first-order valence-electron chi connectivity index (χ1n) is 9.72. The molecule has 0 radical (unpaired) electrons. The van der Waals surface area contributed by atoms with Crippen molar-refractivity contribution in [2.24, 2.45) is 5.84 Å². The minimum atomic E-state index is -0.185. The van der Waals surface area contributed by atoms with Crippen LogP contribution < -0.4 is 16.2 Å². The molecule has 2 aromatic rings. The Kier molecular flexibility index (Phi) is 6.66. The second-order valence-corrected chi connectivity index (χ2v) is 7.22. The van der Waals surface area contributed by atoms with Crippen molar-refractivity contribution < 1.29 is 9.59 Å². The molecule has 2 amide bonds. The molecule has 3 rings (SSSR count). The first kappa shape index (κ1) is 19.9. The third kappa shape index (κ3) is 5.33. The van der Waals surface area contributed by atoms with Crippen molar-refractivity contribution in [3.8, 4) is 0 Å². The number of nitrogens with two attached hydrogens (primary N) is 1. The number of anilines is 1. The Balaban J connectivity index is 1.49. The highest BCUT2D eigenvalue weighted by Crippen LogP contribution is 2.18. The van der Waals surface area contributed by atoms with Crippen molar-refractivity contribution in [3.05, 3.63) is 65.2 Å². The van der Waals surface area contributed by atoms with Gasteiger partial charge >= 0.3 is 0 Å². The Morgan fingerprint density at radius 2 is 1.36 bits per heavy atom. The van der Waals surface area contributed by atoms with Crippen molar-refractivity contribution in [2.45, 2.75) is 26.2 Å². The molecule has 0 saturated carbocycles. The van der Waals surface area contributed by atoms with Crippen LogP contribution in [0.3, 0.4) is 0 Å². The Bertz CT molecular complexity index is 794. The van der Waals surface area contributed by atoms with E-state index in [0.29, 0.717) is 6.42 Å². The average Bonchev–Trinajstić information content (AvgIpc) is 2.73. The Morgan fingerprint density at radius 3 is 1.86 bits per heavy atom. The van der Waals surface area contributed by atoms with Crippen molar-refractivity contribution in [1.82, 2.24) is 10.3 Å². The summed E-state index contributed by atoms with van der Waals surface area (Å²) < 4.78 is 0. The van der Waals surface area contributed by atoms with E-state index in [0.717, 1.165) is 44.6 Å². The van der Waals surface area contributed by atoms with Crippen LogP contribution in [0.5, 0.6) is 0 Å². The van der Waals surface area contributed by atoms with Gasteiger partial charge in [0.05, 0.1) is 6.42 Å². The normalized spacial score (nSPS) is 14.1. The Morgan fingerprint density at radius 1 is 0.857 bits per heavy atom. The summed E-state index contributed by atoms with van der Waals surface area (Å²) in [6.45, 7) is 4.98. The number of nitrogens with one attached hydrogen (secondary N) is 1. The van der Waals surface area contributed by atoms with E-state index in [2.05, 4.69) is 46.7 Å². The molecular formula is C22H28N4O2. The van der Waals surface area contributed by atoms with Crippen LogP contribution in [0.25, 0.3) is 0 Å². The van der Waals surface area contributed by atoms with Gasteiger partial charge in [0.2, 0.25) is 11.8 Å². The van der Waals surface area contributed by atoms with Crippen molar-refractivity contribution in [1.29, 1.82) is 0 Å². The maximum Gasteiger partial charge on any atom is 0.238 e. The first-order valence-corrected chi connectivity index (χ1v) is 9.72. The minimum absolute atomic E-state index is 0.158. The number of hydrogen-bond acceptors (Lipinski definition) is 4. The molecule has 2 aromatic carbocycles. The number of hydrogen-bond donors (Lipinski definition) is 2. The summed E-state index contributed by atoms with van der Waals surface area (Å²) in [5.74, 6) is 5.09. The van der Waals surface area contributed by atoms with Gasteiger partial charge in [-0.15, -0.1) is 0 Å². The number of hydrazine groups is 1. The third-order valence-electron chi connectivity index (χ3n) is 5.28. The minimum Gasteiger partial charge on any atom is -0.368 e. The third-order valence-corrected chi connectivity index (χ3v) is 5.28. The summed E-state index contributed by atoms with van der Waals surface area (Å²) in [5, 5.41) is 0. The number of aryl methyl sites for hydroxylation is 2. The van der Waals surface area contributed by atoms with E-state index in [9.17, 15) is 9.59 Å². The summed E-state index contributed by atoms with van der Waals surface area (Å²) >= 11 is 0. The summed E-state index contributed by atoms with van der Waals surface area (Å²) in [7, 11) is 0. The number of nitrogens with zero attached hydrogens (tertiary/aromatic N) is 2. The molecule has 6 heteroatoms. The predicted octanol–water partition coefficient (Wildman–Crippen LogP) is 1.67. The van der Waals surface area contributed by atoms with Crippen LogP contribution in [-0.4, -0.2) is 42.9 Å². The molecule has 148 valence electrons. The fourth-order valence-corrected chi connectivity index (χ4v) is 3.50. The molecule has 1 aliphatic heterocycles. The molecule has 6 nitrogen and oxygen atoms in total. The highest BCUT2D eigenvalue weighted by atomic mass is 16.2. The lowest BCUT2D eigenvalue weighted by Crippen LogP contribution is -2.48. The number of piperazine rings is 1. The van der Waals surface area contributed by atoms with Gasteiger partial charge in [-0.3, -0.25) is 15.0 Å². The van der Waals surface area contributed by atoms with Gasteiger partial charge in [-0.05, 0) is 41.7 Å². The van der Waals surface area contributed by atoms with E-state index >= 15 is 0 Å². The molecule has 0 aliphatic carbocycles. The largest absolute Gasteiger partial charge is 0.368 e. The number of carbonyl (C=O) groups is 2. The Hall–Kier alpha value is -2.86. The smallest absolute Gasteiger partial charge is 0.238 e. The van der Waals surface area contributed by atoms with Crippen LogP contribution in [0, 0.1) is 0 Å². The molecule has 3 N–H and O–H groups in total. The highest BCUT2D eigenvalue weighted by molar-refractivity contribution is 5.77. The number of carbonyl (C=O) groups excluding carboxylic acids is 2. The fraction of sp³-hybridized carbons (Fsp3) is 0.364. The van der Waals surface area contributed by atoms with Crippen molar-refractivity contribution >= 4 is 17.5 Å². The quantitative estimate of drug-likeness (QED) is 0.454. The molecule has 1 aliphatic rings. The molecule has 28 heavy (non-hydrogen) atoms. The van der Waals surface area contributed by atoms with Crippen LogP contribution >= 0.6 is 0 Å². The molecule has 1 fully saturated rings. The maximum absolute atomic E-state index is 11.4. The molecule has 1 saturated heterocycles. The molecular weight excluding hydrogens is 352 g/mol. The van der Waals surface area contributed by atoms with Gasteiger partial charge in [0, 0.05) is 38.8 Å². The van der Waals surface area contributed by atoms with Crippen LogP contribution in [0.1, 0.15) is 23.6 Å². The van der Waals surface area contributed by atoms with Gasteiger partial charge in [0.25, 0.3) is 0 Å². The van der Waals surface area contributed by atoms with E-state index in [1.807, 2.05) is 17.0 Å². The standard InChI is InChI=1S/C22H28N4O2/c1-17(27)25-12-14-26(15-13-25)21-10-8-19(9-11-21)3-2-18-4-6-20(7-5-18)16-22(28)24-23/h4-11H,2-3,12-16,23H2,1H3,(H,24,28). The number of benzene rings is 2. The molecule has 0 spiro atoms. The van der Waals surface area contributed by atoms with E-state index in [1.54, 1.807) is 6.92 Å². The highest BCUT2D eigenvalue weighted by Gasteiger charge is 2.18. The molecule has 0 unspecified atom stereocenters. The van der Waals surface area contributed by atoms with Gasteiger partial charge < -0.3 is 9.80 Å². The number of amides is 2.